The monoisotopic (exact) mass is 396 g/mol. The van der Waals surface area contributed by atoms with E-state index in [1.165, 1.54) is 15.9 Å². The number of nitrogens with one attached hydrogen (secondary N) is 1. The predicted molar refractivity (Wildman–Crippen MR) is 104 cm³/mol. The Kier molecular flexibility index (Phi) is 5.81. The Labute approximate surface area is 164 Å². The molecule has 1 N–H and O–H groups in total. The summed E-state index contributed by atoms with van der Waals surface area (Å²) >= 11 is 1.21. The summed E-state index contributed by atoms with van der Waals surface area (Å²) in [5.41, 5.74) is 0.739. The van der Waals surface area contributed by atoms with Crippen molar-refractivity contribution >= 4 is 39.1 Å². The molecule has 2 aromatic heterocycles. The molecule has 9 heteroatoms. The molecule has 0 fully saturated rings. The quantitative estimate of drug-likeness (QED) is 0.637. The molecule has 1 amide bonds. The van der Waals surface area contributed by atoms with Crippen molar-refractivity contribution in [1.29, 1.82) is 5.26 Å². The lowest BCUT2D eigenvalue weighted by Crippen LogP contribution is -2.24. The van der Waals surface area contributed by atoms with Crippen molar-refractivity contribution in [3.63, 3.8) is 0 Å². The molecule has 3 aromatic rings. The van der Waals surface area contributed by atoms with Crippen LogP contribution in [0.5, 0.6) is 0 Å². The van der Waals surface area contributed by atoms with Crippen LogP contribution in [0.15, 0.2) is 40.5 Å². The first-order valence-corrected chi connectivity index (χ1v) is 9.25. The molecule has 0 atom stereocenters. The highest BCUT2D eigenvalue weighted by Crippen LogP contribution is 2.21. The third kappa shape index (κ3) is 4.24. The number of aromatic nitrogens is 2. The van der Waals surface area contributed by atoms with Crippen molar-refractivity contribution < 1.29 is 14.3 Å². The van der Waals surface area contributed by atoms with Gasteiger partial charge in [0.1, 0.15) is 16.9 Å². The van der Waals surface area contributed by atoms with Crippen molar-refractivity contribution in [2.45, 2.75) is 12.8 Å². The first-order valence-electron chi connectivity index (χ1n) is 8.37. The van der Waals surface area contributed by atoms with Gasteiger partial charge in [0.05, 0.1) is 22.9 Å². The summed E-state index contributed by atoms with van der Waals surface area (Å²) in [7, 11) is 1.60. The highest BCUT2D eigenvalue weighted by Gasteiger charge is 2.13. The second kappa shape index (κ2) is 8.45. The number of nitrogens with zero attached hydrogens (tertiary/aromatic N) is 3. The molecular formula is C19H16N4O4S. The second-order valence-corrected chi connectivity index (χ2v) is 6.81. The lowest BCUT2D eigenvalue weighted by molar-refractivity contribution is -0.147. The van der Waals surface area contributed by atoms with Gasteiger partial charge < -0.3 is 10.1 Å². The molecule has 142 valence electrons. The average molecular weight is 396 g/mol. The van der Waals surface area contributed by atoms with Crippen molar-refractivity contribution in [2.75, 3.05) is 11.9 Å². The smallest absolute Gasteiger partial charge is 0.306 e. The third-order valence-electron chi connectivity index (χ3n) is 4.03. The maximum absolute atomic E-state index is 12.3. The normalized spacial score (nSPS) is 10.4. The molecule has 0 aliphatic rings. The molecule has 1 aromatic carbocycles. The van der Waals surface area contributed by atoms with E-state index in [1.54, 1.807) is 42.8 Å². The minimum Gasteiger partial charge on any atom is -0.456 e. The molecular weight excluding hydrogens is 380 g/mol. The number of para-hydroxylation sites is 1. The lowest BCUT2D eigenvalue weighted by atomic mass is 10.2. The van der Waals surface area contributed by atoms with Gasteiger partial charge in [0.15, 0.2) is 6.61 Å². The Bertz CT molecular complexity index is 1140. The number of anilines is 1. The van der Waals surface area contributed by atoms with Gasteiger partial charge in [-0.15, -0.1) is 11.3 Å². The van der Waals surface area contributed by atoms with E-state index in [4.69, 9.17) is 10.00 Å². The number of aryl methyl sites for hydroxylation is 1. The van der Waals surface area contributed by atoms with Gasteiger partial charge in [0.2, 0.25) is 0 Å². The number of fused-ring (bicyclic) bond motifs is 1. The number of benzene rings is 1. The highest BCUT2D eigenvalue weighted by molar-refractivity contribution is 7.14. The maximum atomic E-state index is 12.3. The SMILES string of the molecule is Cn1c(CCC(=O)OCC(=O)Nc2sccc2C#N)nc2ccccc2c1=O. The van der Waals surface area contributed by atoms with Gasteiger partial charge in [-0.05, 0) is 23.6 Å². The highest BCUT2D eigenvalue weighted by atomic mass is 32.1. The first kappa shape index (κ1) is 19.3. The van der Waals surface area contributed by atoms with E-state index in [9.17, 15) is 14.4 Å². The van der Waals surface area contributed by atoms with Crippen LogP contribution in [0.3, 0.4) is 0 Å². The molecule has 0 spiro atoms. The van der Waals surface area contributed by atoms with Crippen LogP contribution in [0.4, 0.5) is 5.00 Å². The Hall–Kier alpha value is -3.51. The minimum atomic E-state index is -0.579. The maximum Gasteiger partial charge on any atom is 0.306 e. The number of ether oxygens (including phenoxy) is 1. The standard InChI is InChI=1S/C19H16N4O4S/c1-23-15(21-14-5-3-2-4-13(14)19(23)26)6-7-17(25)27-11-16(24)22-18-12(10-20)8-9-28-18/h2-5,8-9H,6-7,11H2,1H3,(H,22,24). The van der Waals surface area contributed by atoms with E-state index in [-0.39, 0.29) is 18.4 Å². The summed E-state index contributed by atoms with van der Waals surface area (Å²) in [4.78, 5) is 40.6. The zero-order valence-electron chi connectivity index (χ0n) is 15.0. The number of carbonyl (C=O) groups is 2. The number of thiophene rings is 1. The molecule has 8 nitrogen and oxygen atoms in total. The van der Waals surface area contributed by atoms with Crippen molar-refractivity contribution in [3.8, 4) is 6.07 Å². The summed E-state index contributed by atoms with van der Waals surface area (Å²) < 4.78 is 6.37. The van der Waals surface area contributed by atoms with E-state index in [2.05, 4.69) is 10.3 Å². The van der Waals surface area contributed by atoms with Gasteiger partial charge in [-0.1, -0.05) is 12.1 Å². The zero-order chi connectivity index (χ0) is 20.1. The van der Waals surface area contributed by atoms with Crippen molar-refractivity contribution in [1.82, 2.24) is 9.55 Å². The molecule has 2 heterocycles. The fourth-order valence-electron chi connectivity index (χ4n) is 2.58. The molecule has 0 saturated carbocycles. The Morgan fingerprint density at radius 3 is 2.89 bits per heavy atom. The van der Waals surface area contributed by atoms with Crippen LogP contribution < -0.4 is 10.9 Å². The van der Waals surface area contributed by atoms with Crippen LogP contribution in [0, 0.1) is 11.3 Å². The van der Waals surface area contributed by atoms with Crippen LogP contribution in [0.2, 0.25) is 0 Å². The van der Waals surface area contributed by atoms with Gasteiger partial charge in [0.25, 0.3) is 11.5 Å². The number of esters is 1. The summed E-state index contributed by atoms with van der Waals surface area (Å²) in [5.74, 6) is -0.643. The van der Waals surface area contributed by atoms with Crippen molar-refractivity contribution in [3.05, 3.63) is 57.5 Å². The van der Waals surface area contributed by atoms with Crippen LogP contribution in [0.25, 0.3) is 10.9 Å². The molecule has 0 bridgehead atoms. The van der Waals surface area contributed by atoms with Gasteiger partial charge in [-0.2, -0.15) is 5.26 Å². The molecule has 0 saturated heterocycles. The topological polar surface area (TPSA) is 114 Å². The fraction of sp³-hybridized carbons (Fsp3) is 0.211. The number of hydrogen-bond donors (Lipinski definition) is 1. The van der Waals surface area contributed by atoms with Gasteiger partial charge in [-0.25, -0.2) is 4.98 Å². The predicted octanol–water partition coefficient (Wildman–Crippen LogP) is 1.98. The van der Waals surface area contributed by atoms with E-state index >= 15 is 0 Å². The van der Waals surface area contributed by atoms with Gasteiger partial charge in [0, 0.05) is 13.5 Å². The molecule has 3 rings (SSSR count). The Morgan fingerprint density at radius 1 is 1.32 bits per heavy atom. The summed E-state index contributed by atoms with van der Waals surface area (Å²) in [6, 6.07) is 10.5. The average Bonchev–Trinajstić information content (AvgIpc) is 3.15. The Morgan fingerprint density at radius 2 is 2.11 bits per heavy atom. The van der Waals surface area contributed by atoms with Crippen molar-refractivity contribution in [2.24, 2.45) is 7.05 Å². The van der Waals surface area contributed by atoms with E-state index in [1.807, 2.05) is 6.07 Å². The first-order chi connectivity index (χ1) is 13.5. The van der Waals surface area contributed by atoms with Gasteiger partial charge in [-0.3, -0.25) is 19.0 Å². The zero-order valence-corrected chi connectivity index (χ0v) is 15.8. The molecule has 0 radical (unpaired) electrons. The summed E-state index contributed by atoms with van der Waals surface area (Å²) in [6.45, 7) is -0.453. The van der Waals surface area contributed by atoms with E-state index in [0.717, 1.165) is 0 Å². The molecule has 0 aliphatic heterocycles. The lowest BCUT2D eigenvalue weighted by Gasteiger charge is -2.09. The number of nitriles is 1. The number of amides is 1. The number of rotatable bonds is 6. The van der Waals surface area contributed by atoms with Crippen LogP contribution in [-0.2, 0) is 27.8 Å². The minimum absolute atomic E-state index is 0.0195. The van der Waals surface area contributed by atoms with E-state index in [0.29, 0.717) is 27.3 Å². The molecule has 0 unspecified atom stereocenters. The second-order valence-electron chi connectivity index (χ2n) is 5.89. The number of hydrogen-bond acceptors (Lipinski definition) is 7. The number of carbonyl (C=O) groups excluding carboxylic acids is 2. The largest absolute Gasteiger partial charge is 0.456 e. The van der Waals surface area contributed by atoms with Crippen LogP contribution >= 0.6 is 11.3 Å². The molecule has 28 heavy (non-hydrogen) atoms. The van der Waals surface area contributed by atoms with Crippen LogP contribution in [-0.4, -0.2) is 28.0 Å². The summed E-state index contributed by atoms with van der Waals surface area (Å²) in [5, 5.41) is 14.1. The fourth-order valence-corrected chi connectivity index (χ4v) is 3.33. The summed E-state index contributed by atoms with van der Waals surface area (Å²) in [6.07, 6.45) is 0.189. The van der Waals surface area contributed by atoms with Crippen LogP contribution in [0.1, 0.15) is 17.8 Å². The third-order valence-corrected chi connectivity index (χ3v) is 4.86. The van der Waals surface area contributed by atoms with Gasteiger partial charge >= 0.3 is 5.97 Å². The van der Waals surface area contributed by atoms with E-state index < -0.39 is 18.5 Å². The molecule has 0 aliphatic carbocycles. The Balaban J connectivity index is 1.55.